The van der Waals surface area contributed by atoms with E-state index in [0.717, 1.165) is 18.8 Å². The van der Waals surface area contributed by atoms with Gasteiger partial charge in [0.05, 0.1) is 18.4 Å². The van der Waals surface area contributed by atoms with Gasteiger partial charge in [-0.1, -0.05) is 18.2 Å². The highest BCUT2D eigenvalue weighted by Gasteiger charge is 2.58. The second-order valence-electron chi connectivity index (χ2n) is 6.14. The van der Waals surface area contributed by atoms with Gasteiger partial charge >= 0.3 is 0 Å². The Morgan fingerprint density at radius 2 is 2.18 bits per heavy atom. The number of hydrogen-bond donors (Lipinski definition) is 1. The Morgan fingerprint density at radius 3 is 2.82 bits per heavy atom. The third-order valence-electron chi connectivity index (χ3n) is 5.03. The van der Waals surface area contributed by atoms with Gasteiger partial charge in [0.1, 0.15) is 11.5 Å². The number of nitrogens with one attached hydrogen (secondary N) is 1. The molecule has 1 N–H and O–H groups in total. The summed E-state index contributed by atoms with van der Waals surface area (Å²) in [4.78, 5) is 0. The summed E-state index contributed by atoms with van der Waals surface area (Å²) in [6.45, 7) is 3.49. The zero-order valence-electron chi connectivity index (χ0n) is 12.8. The fraction of sp³-hybridized carbons (Fsp3) is 0.750. The van der Waals surface area contributed by atoms with Crippen molar-refractivity contribution in [2.45, 2.75) is 62.8 Å². The maximum atomic E-state index is 12.2. The third-order valence-corrected chi connectivity index (χ3v) is 5.73. The van der Waals surface area contributed by atoms with Gasteiger partial charge in [-0.2, -0.15) is 8.78 Å². The van der Waals surface area contributed by atoms with E-state index in [4.69, 9.17) is 9.15 Å². The van der Waals surface area contributed by atoms with Gasteiger partial charge in [0.2, 0.25) is 0 Å². The Labute approximate surface area is 134 Å². The van der Waals surface area contributed by atoms with Crippen molar-refractivity contribution in [2.24, 2.45) is 5.41 Å². The second kappa shape index (κ2) is 6.89. The summed E-state index contributed by atoms with van der Waals surface area (Å²) >= 11 is 0.592. The van der Waals surface area contributed by atoms with Crippen molar-refractivity contribution in [1.29, 1.82) is 0 Å². The van der Waals surface area contributed by atoms with Gasteiger partial charge in [0.25, 0.3) is 5.76 Å². The Hall–Kier alpha value is -0.590. The Kier molecular flexibility index (Phi) is 5.10. The van der Waals surface area contributed by atoms with Gasteiger partial charge in [-0.3, -0.25) is 0 Å². The van der Waals surface area contributed by atoms with Gasteiger partial charge in [0, 0.05) is 18.1 Å². The summed E-state index contributed by atoms with van der Waals surface area (Å²) < 4.78 is 35.8. The summed E-state index contributed by atoms with van der Waals surface area (Å²) in [7, 11) is 0. The van der Waals surface area contributed by atoms with Crippen LogP contribution in [0.5, 0.6) is 0 Å². The Bertz CT molecular complexity index is 490. The lowest BCUT2D eigenvalue weighted by Crippen LogP contribution is -2.66. The second-order valence-corrected chi connectivity index (χ2v) is 7.12. The van der Waals surface area contributed by atoms with Gasteiger partial charge < -0.3 is 14.5 Å². The number of halogens is 2. The van der Waals surface area contributed by atoms with E-state index in [1.165, 1.54) is 19.3 Å². The minimum Gasteiger partial charge on any atom is -0.464 e. The molecule has 6 heteroatoms. The summed E-state index contributed by atoms with van der Waals surface area (Å²) in [5.41, 5.74) is 0.330. The van der Waals surface area contributed by atoms with Crippen molar-refractivity contribution >= 4 is 11.8 Å². The molecule has 2 fully saturated rings. The quantitative estimate of drug-likeness (QED) is 0.775. The molecule has 3 rings (SSSR count). The summed E-state index contributed by atoms with van der Waals surface area (Å²) in [5.74, 6) is -0.701. The fourth-order valence-electron chi connectivity index (χ4n) is 3.69. The van der Waals surface area contributed by atoms with Crippen LogP contribution in [0.15, 0.2) is 16.5 Å². The van der Waals surface area contributed by atoms with Crippen LogP contribution in [-0.4, -0.2) is 24.5 Å². The van der Waals surface area contributed by atoms with E-state index in [9.17, 15) is 8.78 Å². The number of hydrogen-bond acceptors (Lipinski definition) is 4. The molecule has 0 bridgehead atoms. The molecule has 1 spiro atoms. The molecule has 2 saturated carbocycles. The third kappa shape index (κ3) is 3.19. The molecule has 1 aromatic rings. The monoisotopic (exact) mass is 331 g/mol. The van der Waals surface area contributed by atoms with E-state index in [0.29, 0.717) is 41.6 Å². The number of rotatable bonds is 8. The molecule has 1 aromatic heterocycles. The fourth-order valence-corrected chi connectivity index (χ4v) is 4.13. The van der Waals surface area contributed by atoms with Crippen molar-refractivity contribution in [3.05, 3.63) is 23.7 Å². The van der Waals surface area contributed by atoms with Crippen LogP contribution in [0.4, 0.5) is 8.78 Å². The number of ether oxygens (including phenoxy) is 1. The molecule has 0 saturated heterocycles. The van der Waals surface area contributed by atoms with Crippen LogP contribution < -0.4 is 5.32 Å². The average Bonchev–Trinajstić information content (AvgIpc) is 2.85. The van der Waals surface area contributed by atoms with Crippen LogP contribution in [0.3, 0.4) is 0 Å². The van der Waals surface area contributed by atoms with E-state index in [1.807, 2.05) is 6.07 Å². The molecule has 0 amide bonds. The van der Waals surface area contributed by atoms with Gasteiger partial charge in [0.15, 0.2) is 0 Å². The average molecular weight is 331 g/mol. The van der Waals surface area contributed by atoms with Gasteiger partial charge in [-0.25, -0.2) is 0 Å². The lowest BCUT2D eigenvalue weighted by atomic mass is 9.51. The standard InChI is InChI=1S/C16H23F2NO2S/c1-2-20-14-8-13(16(14)6-3-7-16)19-9-11-4-5-12(21-11)10-22-15(17)18/h4-5,13-15,19H,2-3,6-10H2,1H3/t13-,14+/m1/s1. The molecule has 0 aromatic carbocycles. The minimum absolute atomic E-state index is 0.220. The first kappa shape index (κ1) is 16.3. The smallest absolute Gasteiger partial charge is 0.284 e. The minimum atomic E-state index is -2.35. The predicted molar refractivity (Wildman–Crippen MR) is 82.9 cm³/mol. The van der Waals surface area contributed by atoms with Crippen molar-refractivity contribution < 1.29 is 17.9 Å². The molecule has 2 aliphatic rings. The van der Waals surface area contributed by atoms with Crippen molar-refractivity contribution in [2.75, 3.05) is 6.61 Å². The molecule has 2 aliphatic carbocycles. The van der Waals surface area contributed by atoms with E-state index >= 15 is 0 Å². The molecule has 0 aliphatic heterocycles. The molecule has 22 heavy (non-hydrogen) atoms. The number of furan rings is 1. The summed E-state index contributed by atoms with van der Waals surface area (Å²) in [6, 6.07) is 4.15. The lowest BCUT2D eigenvalue weighted by Gasteiger charge is -2.61. The first-order valence-electron chi connectivity index (χ1n) is 7.96. The van der Waals surface area contributed by atoms with Crippen LogP contribution in [0.1, 0.15) is 44.1 Å². The van der Waals surface area contributed by atoms with Crippen molar-refractivity contribution in [3.63, 3.8) is 0 Å². The first-order chi connectivity index (χ1) is 10.6. The van der Waals surface area contributed by atoms with Crippen LogP contribution in [-0.2, 0) is 17.0 Å². The predicted octanol–water partition coefficient (Wildman–Crippen LogP) is 4.17. The lowest BCUT2D eigenvalue weighted by molar-refractivity contribution is -0.173. The van der Waals surface area contributed by atoms with E-state index in [2.05, 4.69) is 12.2 Å². The SMILES string of the molecule is CCO[C@H]1C[C@@H](NCc2ccc(CSC(F)F)o2)C12CCC2. The van der Waals surface area contributed by atoms with Crippen LogP contribution in [0, 0.1) is 5.41 Å². The van der Waals surface area contributed by atoms with Crippen LogP contribution in [0.25, 0.3) is 0 Å². The highest BCUT2D eigenvalue weighted by molar-refractivity contribution is 7.98. The topological polar surface area (TPSA) is 34.4 Å². The highest BCUT2D eigenvalue weighted by atomic mass is 32.2. The van der Waals surface area contributed by atoms with Crippen LogP contribution in [0.2, 0.25) is 0 Å². The summed E-state index contributed by atoms with van der Waals surface area (Å²) in [5, 5.41) is 3.57. The van der Waals surface area contributed by atoms with E-state index in [1.54, 1.807) is 6.07 Å². The number of thioether (sulfide) groups is 1. The largest absolute Gasteiger partial charge is 0.464 e. The Morgan fingerprint density at radius 1 is 1.41 bits per heavy atom. The Balaban J connectivity index is 1.47. The molecular weight excluding hydrogens is 308 g/mol. The van der Waals surface area contributed by atoms with E-state index < -0.39 is 5.76 Å². The van der Waals surface area contributed by atoms with Crippen molar-refractivity contribution in [3.8, 4) is 0 Å². The van der Waals surface area contributed by atoms with Gasteiger partial charge in [-0.15, -0.1) is 0 Å². The van der Waals surface area contributed by atoms with Crippen molar-refractivity contribution in [1.82, 2.24) is 5.32 Å². The zero-order valence-corrected chi connectivity index (χ0v) is 13.6. The molecule has 124 valence electrons. The van der Waals surface area contributed by atoms with Gasteiger partial charge in [-0.05, 0) is 38.3 Å². The molecule has 0 radical (unpaired) electrons. The zero-order chi connectivity index (χ0) is 15.6. The van der Waals surface area contributed by atoms with Crippen LogP contribution >= 0.6 is 11.8 Å². The first-order valence-corrected chi connectivity index (χ1v) is 9.01. The molecule has 2 atom stereocenters. The van der Waals surface area contributed by atoms with E-state index in [-0.39, 0.29) is 5.75 Å². The molecular formula is C16H23F2NO2S. The summed E-state index contributed by atoms with van der Waals surface area (Å²) in [6.07, 6.45) is 5.23. The number of alkyl halides is 2. The normalized spacial score (nSPS) is 26.2. The maximum Gasteiger partial charge on any atom is 0.284 e. The molecule has 0 unspecified atom stereocenters. The maximum absolute atomic E-state index is 12.2. The molecule has 1 heterocycles. The highest BCUT2D eigenvalue weighted by Crippen LogP contribution is 2.57. The molecule has 3 nitrogen and oxygen atoms in total.